The van der Waals surface area contributed by atoms with Gasteiger partial charge in [0.2, 0.25) is 0 Å². The number of benzene rings is 4. The van der Waals surface area contributed by atoms with E-state index in [0.717, 1.165) is 21.3 Å². The van der Waals surface area contributed by atoms with Gasteiger partial charge in [-0.3, -0.25) is 4.98 Å². The van der Waals surface area contributed by atoms with Crippen molar-refractivity contribution in [2.75, 3.05) is 0 Å². The van der Waals surface area contributed by atoms with Gasteiger partial charge in [0.05, 0.1) is 5.52 Å². The molecule has 0 bridgehead atoms. The molecule has 7 aromatic rings. The molecule has 0 fully saturated rings. The molecule has 0 aliphatic rings. The van der Waals surface area contributed by atoms with Crippen LogP contribution < -0.4 is 0 Å². The first-order chi connectivity index (χ1) is 18.2. The highest BCUT2D eigenvalue weighted by molar-refractivity contribution is 14.2. The first-order valence-electron chi connectivity index (χ1n) is 11.9. The summed E-state index contributed by atoms with van der Waals surface area (Å²) in [6.45, 7) is 0. The minimum Gasteiger partial charge on any atom is -0.256 e. The maximum Gasteiger partial charge on any atom is 0.124 e. The summed E-state index contributed by atoms with van der Waals surface area (Å²) in [7, 11) is 1.73. The van der Waals surface area contributed by atoms with E-state index in [9.17, 15) is 0 Å². The van der Waals surface area contributed by atoms with Crippen LogP contribution in [0, 0.1) is 0 Å². The number of hydrogen-bond donors (Lipinski definition) is 0. The topological polar surface area (TPSA) is 25.8 Å². The van der Waals surface area contributed by atoms with Crippen molar-refractivity contribution in [3.8, 4) is 33.4 Å². The number of hydrogen-bond acceptors (Lipinski definition) is 4. The number of halogens is 1. The normalized spacial score (nSPS) is 11.5. The van der Waals surface area contributed by atoms with Crippen LogP contribution in [0.25, 0.3) is 64.6 Å². The Bertz CT molecular complexity index is 1910. The Hall–Kier alpha value is -3.26. The molecule has 0 aliphatic heterocycles. The first-order valence-corrected chi connectivity index (χ1v) is 16.1. The third-order valence-electron chi connectivity index (χ3n) is 6.76. The zero-order valence-electron chi connectivity index (χ0n) is 19.6. The largest absolute Gasteiger partial charge is 0.256 e. The Kier molecular flexibility index (Phi) is 5.92. The molecule has 0 saturated heterocycles. The van der Waals surface area contributed by atoms with Crippen LogP contribution in [-0.4, -0.2) is 9.97 Å². The summed E-state index contributed by atoms with van der Waals surface area (Å²) in [5.41, 5.74) is 8.13. The molecule has 0 saturated carbocycles. The molecule has 4 aromatic carbocycles. The minimum absolute atomic E-state index is 1.01. The molecule has 5 heteroatoms. The number of pyridine rings is 2. The summed E-state index contributed by atoms with van der Waals surface area (Å²) < 4.78 is 1.27. The summed E-state index contributed by atoms with van der Waals surface area (Å²) >= 11 is 4.06. The Morgan fingerprint density at radius 2 is 1.27 bits per heavy atom. The Labute approximate surface area is 235 Å². The minimum atomic E-state index is 1.01. The molecular formula is C32H19IN2S2. The van der Waals surface area contributed by atoms with Gasteiger partial charge >= 0.3 is 0 Å². The second-order valence-corrected chi connectivity index (χ2v) is 12.0. The van der Waals surface area contributed by atoms with Gasteiger partial charge in [-0.15, -0.1) is 11.3 Å². The SMILES string of the molecule is ISc1ccc(-c2ccc3cc(-c4ccc(-c5ccc6sc7ncccc7c6c5)cc4)cnc3c2)cc1. The molecule has 0 unspecified atom stereocenters. The van der Waals surface area contributed by atoms with Crippen LogP contribution in [0.1, 0.15) is 0 Å². The molecule has 37 heavy (non-hydrogen) atoms. The van der Waals surface area contributed by atoms with E-state index in [1.165, 1.54) is 48.2 Å². The van der Waals surface area contributed by atoms with Crippen molar-refractivity contribution in [3.63, 3.8) is 0 Å². The van der Waals surface area contributed by atoms with Gasteiger partial charge < -0.3 is 0 Å². The molecule has 0 radical (unpaired) electrons. The average molecular weight is 623 g/mol. The smallest absolute Gasteiger partial charge is 0.124 e. The predicted octanol–water partition coefficient (Wildman–Crippen LogP) is 10.4. The van der Waals surface area contributed by atoms with Gasteiger partial charge in [0.25, 0.3) is 0 Å². The van der Waals surface area contributed by atoms with Crippen molar-refractivity contribution in [3.05, 3.63) is 116 Å². The summed E-state index contributed by atoms with van der Waals surface area (Å²) in [5.74, 6) is 0. The second-order valence-electron chi connectivity index (χ2n) is 8.98. The zero-order valence-corrected chi connectivity index (χ0v) is 23.3. The molecule has 0 aliphatic carbocycles. The summed E-state index contributed by atoms with van der Waals surface area (Å²) in [5, 5.41) is 3.64. The Morgan fingerprint density at radius 3 is 2.05 bits per heavy atom. The quantitative estimate of drug-likeness (QED) is 0.183. The van der Waals surface area contributed by atoms with E-state index in [-0.39, 0.29) is 0 Å². The lowest BCUT2D eigenvalue weighted by Crippen LogP contribution is -1.86. The fourth-order valence-corrected chi connectivity index (χ4v) is 6.95. The van der Waals surface area contributed by atoms with Gasteiger partial charge in [0.15, 0.2) is 0 Å². The summed E-state index contributed by atoms with van der Waals surface area (Å²) in [6.07, 6.45) is 3.84. The van der Waals surface area contributed by atoms with Crippen molar-refractivity contribution in [1.82, 2.24) is 9.97 Å². The highest BCUT2D eigenvalue weighted by Crippen LogP contribution is 2.36. The second kappa shape index (κ2) is 9.56. The molecule has 0 amide bonds. The number of nitrogens with zero attached hydrogens (tertiary/aromatic N) is 2. The molecule has 0 spiro atoms. The van der Waals surface area contributed by atoms with Crippen molar-refractivity contribution in [1.29, 1.82) is 0 Å². The zero-order chi connectivity index (χ0) is 24.8. The molecule has 3 heterocycles. The standard InChI is InChI=1S/C32H19IN2S2/c33-37-27-12-9-21(10-13-27)24-7-8-25-16-26(19-35-30(25)18-24)22-5-3-20(4-6-22)23-11-14-31-29(17-23)28-2-1-15-34-32(28)36-31/h1-19H. The maximum absolute atomic E-state index is 4.81. The van der Waals surface area contributed by atoms with E-state index < -0.39 is 0 Å². The van der Waals surface area contributed by atoms with Crippen LogP contribution in [0.3, 0.4) is 0 Å². The van der Waals surface area contributed by atoms with E-state index in [1.54, 1.807) is 20.3 Å². The summed E-state index contributed by atoms with van der Waals surface area (Å²) in [4.78, 5) is 11.7. The van der Waals surface area contributed by atoms with Gasteiger partial charge in [-0.2, -0.15) is 0 Å². The number of fused-ring (bicyclic) bond motifs is 4. The van der Waals surface area contributed by atoms with Crippen LogP contribution in [0.2, 0.25) is 0 Å². The monoisotopic (exact) mass is 622 g/mol. The summed E-state index contributed by atoms with van der Waals surface area (Å²) in [6, 6.07) is 37.1. The van der Waals surface area contributed by atoms with Crippen LogP contribution in [0.4, 0.5) is 0 Å². The molecule has 176 valence electrons. The van der Waals surface area contributed by atoms with Crippen molar-refractivity contribution >= 4 is 72.7 Å². The molecule has 0 atom stereocenters. The molecule has 3 aromatic heterocycles. The molecule has 7 rings (SSSR count). The lowest BCUT2D eigenvalue weighted by atomic mass is 9.98. The number of thiophene rings is 1. The number of rotatable bonds is 4. The van der Waals surface area contributed by atoms with Crippen LogP contribution in [-0.2, 0) is 0 Å². The van der Waals surface area contributed by atoms with E-state index in [4.69, 9.17) is 4.98 Å². The van der Waals surface area contributed by atoms with Crippen molar-refractivity contribution < 1.29 is 0 Å². The third-order valence-corrected chi connectivity index (χ3v) is 9.83. The fraction of sp³-hybridized carbons (Fsp3) is 0. The molecular weight excluding hydrogens is 603 g/mol. The lowest BCUT2D eigenvalue weighted by molar-refractivity contribution is 1.40. The van der Waals surface area contributed by atoms with E-state index >= 15 is 0 Å². The van der Waals surface area contributed by atoms with E-state index in [0.29, 0.717) is 0 Å². The average Bonchev–Trinajstić information content (AvgIpc) is 3.35. The third kappa shape index (κ3) is 4.31. The fourth-order valence-electron chi connectivity index (χ4n) is 4.80. The highest BCUT2D eigenvalue weighted by Gasteiger charge is 2.09. The van der Waals surface area contributed by atoms with E-state index in [1.807, 2.05) is 18.5 Å². The van der Waals surface area contributed by atoms with Crippen LogP contribution >= 0.6 is 41.5 Å². The van der Waals surface area contributed by atoms with Crippen LogP contribution in [0.15, 0.2) is 120 Å². The lowest BCUT2D eigenvalue weighted by Gasteiger charge is -2.08. The Balaban J connectivity index is 1.19. The predicted molar refractivity (Wildman–Crippen MR) is 169 cm³/mol. The number of aromatic nitrogens is 2. The first kappa shape index (κ1) is 22.9. The van der Waals surface area contributed by atoms with Crippen molar-refractivity contribution in [2.24, 2.45) is 0 Å². The van der Waals surface area contributed by atoms with Gasteiger partial charge in [-0.1, -0.05) is 63.5 Å². The van der Waals surface area contributed by atoms with Crippen molar-refractivity contribution in [2.45, 2.75) is 4.90 Å². The van der Waals surface area contributed by atoms with Gasteiger partial charge in [-0.05, 0) is 76.3 Å². The molecule has 2 nitrogen and oxygen atoms in total. The van der Waals surface area contributed by atoms with Gasteiger partial charge in [0, 0.05) is 64.9 Å². The van der Waals surface area contributed by atoms with Gasteiger partial charge in [0.1, 0.15) is 4.83 Å². The Morgan fingerprint density at radius 1 is 0.595 bits per heavy atom. The van der Waals surface area contributed by atoms with Gasteiger partial charge in [-0.25, -0.2) is 4.98 Å². The van der Waals surface area contributed by atoms with Crippen LogP contribution in [0.5, 0.6) is 0 Å². The molecule has 0 N–H and O–H groups in total. The van der Waals surface area contributed by atoms with E-state index in [2.05, 4.69) is 123 Å². The highest BCUT2D eigenvalue weighted by atomic mass is 127. The maximum atomic E-state index is 4.81.